The van der Waals surface area contributed by atoms with E-state index in [0.717, 1.165) is 11.1 Å². The molecule has 0 saturated carbocycles. The molecule has 0 spiro atoms. The molecule has 3 aromatic rings. The molecule has 7 nitrogen and oxygen atoms in total. The second-order valence-electron chi connectivity index (χ2n) is 6.90. The summed E-state index contributed by atoms with van der Waals surface area (Å²) in [5, 5.41) is 3.45. The van der Waals surface area contributed by atoms with Gasteiger partial charge in [0.25, 0.3) is 11.1 Å². The molecule has 0 fully saturated rings. The standard InChI is InChI=1S/C22H24N4O3S/c1-15-18(21(29)25-22(24-15)30-2)10-11-19(27)23-13-16-6-8-17(9-7-16)14-26-12-4-3-5-20(26)28/h3-9,12H,10-11,13-14H2,1-2H3,(H,23,27)(H,24,25,29). The first-order valence-electron chi connectivity index (χ1n) is 9.60. The Kier molecular flexibility index (Phi) is 7.24. The summed E-state index contributed by atoms with van der Waals surface area (Å²) in [4.78, 5) is 43.2. The molecule has 3 rings (SSSR count). The molecule has 2 heterocycles. The van der Waals surface area contributed by atoms with Gasteiger partial charge in [0.1, 0.15) is 0 Å². The van der Waals surface area contributed by atoms with Crippen LogP contribution in [-0.2, 0) is 24.3 Å². The molecule has 1 amide bonds. The number of aromatic amines is 1. The van der Waals surface area contributed by atoms with Gasteiger partial charge in [-0.3, -0.25) is 14.4 Å². The fourth-order valence-corrected chi connectivity index (χ4v) is 3.48. The Morgan fingerprint density at radius 3 is 2.53 bits per heavy atom. The van der Waals surface area contributed by atoms with Gasteiger partial charge < -0.3 is 14.9 Å². The zero-order valence-electron chi connectivity index (χ0n) is 17.0. The second kappa shape index (κ2) is 10.1. The van der Waals surface area contributed by atoms with E-state index in [-0.39, 0.29) is 23.4 Å². The van der Waals surface area contributed by atoms with Crippen LogP contribution in [0.1, 0.15) is 28.8 Å². The number of nitrogens with one attached hydrogen (secondary N) is 2. The molecule has 0 aliphatic rings. The molecule has 0 unspecified atom stereocenters. The Bertz CT molecular complexity index is 1140. The van der Waals surface area contributed by atoms with E-state index in [0.29, 0.717) is 35.9 Å². The third-order valence-electron chi connectivity index (χ3n) is 4.76. The summed E-state index contributed by atoms with van der Waals surface area (Å²) in [5.74, 6) is -0.123. The average molecular weight is 425 g/mol. The van der Waals surface area contributed by atoms with Crippen molar-refractivity contribution in [3.8, 4) is 0 Å². The van der Waals surface area contributed by atoms with Gasteiger partial charge in [-0.05, 0) is 36.8 Å². The maximum absolute atomic E-state index is 12.2. The van der Waals surface area contributed by atoms with Crippen LogP contribution in [0.15, 0.2) is 63.4 Å². The number of pyridine rings is 1. The SMILES string of the molecule is CSc1nc(C)c(CCC(=O)NCc2ccc(Cn3ccccc3=O)cc2)c(=O)[nH]1. The van der Waals surface area contributed by atoms with Crippen molar-refractivity contribution in [2.75, 3.05) is 6.26 Å². The minimum absolute atomic E-state index is 0.0406. The highest BCUT2D eigenvalue weighted by atomic mass is 32.2. The smallest absolute Gasteiger partial charge is 0.254 e. The highest BCUT2D eigenvalue weighted by Crippen LogP contribution is 2.10. The lowest BCUT2D eigenvalue weighted by molar-refractivity contribution is -0.121. The van der Waals surface area contributed by atoms with E-state index in [1.807, 2.05) is 36.6 Å². The van der Waals surface area contributed by atoms with E-state index < -0.39 is 0 Å². The van der Waals surface area contributed by atoms with E-state index >= 15 is 0 Å². The molecule has 1 aromatic carbocycles. The molecule has 156 valence electrons. The second-order valence-corrected chi connectivity index (χ2v) is 7.69. The molecular formula is C22H24N4O3S. The van der Waals surface area contributed by atoms with Gasteiger partial charge in [-0.25, -0.2) is 4.98 Å². The predicted molar refractivity (Wildman–Crippen MR) is 118 cm³/mol. The fourth-order valence-electron chi connectivity index (χ4n) is 3.05. The van der Waals surface area contributed by atoms with Crippen LogP contribution in [0.3, 0.4) is 0 Å². The normalized spacial score (nSPS) is 10.7. The van der Waals surface area contributed by atoms with Crippen LogP contribution in [0.2, 0.25) is 0 Å². The Morgan fingerprint density at radius 2 is 1.87 bits per heavy atom. The van der Waals surface area contributed by atoms with Gasteiger partial charge in [-0.2, -0.15) is 0 Å². The Labute approximate surface area is 178 Å². The van der Waals surface area contributed by atoms with E-state index in [1.165, 1.54) is 17.8 Å². The highest BCUT2D eigenvalue weighted by molar-refractivity contribution is 7.98. The van der Waals surface area contributed by atoms with Crippen molar-refractivity contribution in [3.05, 3.63) is 91.8 Å². The first-order chi connectivity index (χ1) is 14.5. The number of hydrogen-bond donors (Lipinski definition) is 2. The number of benzene rings is 1. The van der Waals surface area contributed by atoms with Crippen LogP contribution in [0.4, 0.5) is 0 Å². The topological polar surface area (TPSA) is 96.8 Å². The maximum atomic E-state index is 12.2. The number of aryl methyl sites for hydroxylation is 1. The number of H-pyrrole nitrogens is 1. The molecule has 0 atom stereocenters. The third kappa shape index (κ3) is 5.70. The maximum Gasteiger partial charge on any atom is 0.254 e. The monoisotopic (exact) mass is 424 g/mol. The number of nitrogens with zero attached hydrogens (tertiary/aromatic N) is 2. The summed E-state index contributed by atoms with van der Waals surface area (Å²) in [6, 6.07) is 12.8. The molecule has 30 heavy (non-hydrogen) atoms. The summed E-state index contributed by atoms with van der Waals surface area (Å²) < 4.78 is 1.64. The van der Waals surface area contributed by atoms with Crippen molar-refractivity contribution < 1.29 is 4.79 Å². The molecule has 2 N–H and O–H groups in total. The molecule has 2 aromatic heterocycles. The minimum atomic E-state index is -0.187. The van der Waals surface area contributed by atoms with Gasteiger partial charge >= 0.3 is 0 Å². The van der Waals surface area contributed by atoms with Gasteiger partial charge in [0.15, 0.2) is 5.16 Å². The minimum Gasteiger partial charge on any atom is -0.352 e. The summed E-state index contributed by atoms with van der Waals surface area (Å²) >= 11 is 1.38. The summed E-state index contributed by atoms with van der Waals surface area (Å²) in [7, 11) is 0. The van der Waals surface area contributed by atoms with E-state index in [9.17, 15) is 14.4 Å². The van der Waals surface area contributed by atoms with Gasteiger partial charge in [0.2, 0.25) is 5.91 Å². The first kappa shape index (κ1) is 21.6. The lowest BCUT2D eigenvalue weighted by atomic mass is 10.1. The van der Waals surface area contributed by atoms with Crippen molar-refractivity contribution in [2.45, 2.75) is 38.0 Å². The number of rotatable bonds is 8. The van der Waals surface area contributed by atoms with Crippen LogP contribution in [0.25, 0.3) is 0 Å². The molecule has 0 aliphatic heterocycles. The van der Waals surface area contributed by atoms with Gasteiger partial charge in [-0.15, -0.1) is 0 Å². The average Bonchev–Trinajstić information content (AvgIpc) is 2.74. The summed E-state index contributed by atoms with van der Waals surface area (Å²) in [5.41, 5.74) is 2.95. The molecular weight excluding hydrogens is 400 g/mol. The van der Waals surface area contributed by atoms with Crippen LogP contribution >= 0.6 is 11.8 Å². The Hall–Kier alpha value is -3.13. The summed E-state index contributed by atoms with van der Waals surface area (Å²) in [6.07, 6.45) is 4.17. The third-order valence-corrected chi connectivity index (χ3v) is 5.34. The van der Waals surface area contributed by atoms with Crippen LogP contribution in [0.5, 0.6) is 0 Å². The number of carbonyl (C=O) groups is 1. The van der Waals surface area contributed by atoms with Crippen molar-refractivity contribution in [1.29, 1.82) is 0 Å². The zero-order chi connectivity index (χ0) is 21.5. The fraction of sp³-hybridized carbons (Fsp3) is 0.273. The van der Waals surface area contributed by atoms with Crippen molar-refractivity contribution in [3.63, 3.8) is 0 Å². The van der Waals surface area contributed by atoms with Crippen LogP contribution in [0, 0.1) is 6.92 Å². The number of amides is 1. The molecule has 0 bridgehead atoms. The quantitative estimate of drug-likeness (QED) is 0.427. The largest absolute Gasteiger partial charge is 0.352 e. The van der Waals surface area contributed by atoms with Gasteiger partial charge in [0.05, 0.1) is 6.54 Å². The zero-order valence-corrected chi connectivity index (χ0v) is 17.8. The predicted octanol–water partition coefficient (Wildman–Crippen LogP) is 2.26. The van der Waals surface area contributed by atoms with E-state index in [2.05, 4.69) is 15.3 Å². The van der Waals surface area contributed by atoms with Crippen LogP contribution in [-0.4, -0.2) is 26.7 Å². The number of hydrogen-bond acceptors (Lipinski definition) is 5. The van der Waals surface area contributed by atoms with Gasteiger partial charge in [-0.1, -0.05) is 42.1 Å². The van der Waals surface area contributed by atoms with Gasteiger partial charge in [0, 0.05) is 36.5 Å². The highest BCUT2D eigenvalue weighted by Gasteiger charge is 2.10. The summed E-state index contributed by atoms with van der Waals surface area (Å²) in [6.45, 7) is 2.69. The first-order valence-corrected chi connectivity index (χ1v) is 10.8. The van der Waals surface area contributed by atoms with E-state index in [4.69, 9.17) is 0 Å². The Balaban J connectivity index is 1.51. The molecule has 0 aliphatic carbocycles. The van der Waals surface area contributed by atoms with E-state index in [1.54, 1.807) is 23.8 Å². The molecule has 8 heteroatoms. The number of thioether (sulfide) groups is 1. The molecule has 0 radical (unpaired) electrons. The lowest BCUT2D eigenvalue weighted by Gasteiger charge is -2.09. The van der Waals surface area contributed by atoms with Crippen molar-refractivity contribution in [2.24, 2.45) is 0 Å². The number of carbonyl (C=O) groups excluding carboxylic acids is 1. The molecule has 0 saturated heterocycles. The lowest BCUT2D eigenvalue weighted by Crippen LogP contribution is -2.25. The number of aromatic nitrogens is 3. The van der Waals surface area contributed by atoms with Crippen LogP contribution < -0.4 is 16.4 Å². The Morgan fingerprint density at radius 1 is 1.13 bits per heavy atom. The van der Waals surface area contributed by atoms with Crippen molar-refractivity contribution >= 4 is 17.7 Å². The van der Waals surface area contributed by atoms with Crippen molar-refractivity contribution in [1.82, 2.24) is 19.9 Å².